The zero-order valence-corrected chi connectivity index (χ0v) is 15.7. The second-order valence-electron chi connectivity index (χ2n) is 5.88. The number of nitrogens with zero attached hydrogens (tertiary/aromatic N) is 2. The van der Waals surface area contributed by atoms with E-state index in [9.17, 15) is 0 Å². The van der Waals surface area contributed by atoms with Gasteiger partial charge in [-0.05, 0) is 35.4 Å². The number of anilines is 1. The summed E-state index contributed by atoms with van der Waals surface area (Å²) >= 11 is 12.2. The smallest absolute Gasteiger partial charge is 0.306 e. The Labute approximate surface area is 165 Å². The van der Waals surface area contributed by atoms with Gasteiger partial charge in [0.15, 0.2) is 12.1 Å². The summed E-state index contributed by atoms with van der Waals surface area (Å²) < 4.78 is 5.99. The molecule has 0 unspecified atom stereocenters. The fourth-order valence-electron chi connectivity index (χ4n) is 2.72. The van der Waals surface area contributed by atoms with Crippen molar-refractivity contribution in [2.75, 3.05) is 5.32 Å². The molecule has 2 aromatic carbocycles. The summed E-state index contributed by atoms with van der Waals surface area (Å²) in [5, 5.41) is 4.07. The van der Waals surface area contributed by atoms with Gasteiger partial charge >= 0.3 is 10.9 Å². The first-order valence-corrected chi connectivity index (χ1v) is 9.06. The second-order valence-corrected chi connectivity index (χ2v) is 6.65. The van der Waals surface area contributed by atoms with Gasteiger partial charge in [0, 0.05) is 17.1 Å². The summed E-state index contributed by atoms with van der Waals surface area (Å²) in [5.74, 6) is 1.35. The predicted octanol–water partition coefficient (Wildman–Crippen LogP) is 4.27. The van der Waals surface area contributed by atoms with Crippen LogP contribution in [0.25, 0.3) is 11.2 Å². The minimum absolute atomic E-state index is 0.160. The second kappa shape index (κ2) is 7.82. The molecule has 4 rings (SSSR count). The van der Waals surface area contributed by atoms with Crippen molar-refractivity contribution in [1.29, 1.82) is 0 Å². The molecule has 0 atom stereocenters. The molecule has 27 heavy (non-hydrogen) atoms. The number of fused-ring (bicyclic) bond motifs is 1. The third-order valence-electron chi connectivity index (χ3n) is 4.01. The van der Waals surface area contributed by atoms with Crippen molar-refractivity contribution in [3.8, 4) is 5.75 Å². The molecule has 6 nitrogen and oxygen atoms in total. The lowest BCUT2D eigenvalue weighted by Gasteiger charge is -2.13. The number of hydrogen-bond acceptors (Lipinski definition) is 4. The molecule has 2 heterocycles. The van der Waals surface area contributed by atoms with Gasteiger partial charge in [0.05, 0.1) is 0 Å². The van der Waals surface area contributed by atoms with Crippen LogP contribution in [0.4, 0.5) is 5.82 Å². The van der Waals surface area contributed by atoms with Gasteiger partial charge in [-0.25, -0.2) is 4.98 Å². The van der Waals surface area contributed by atoms with Crippen LogP contribution < -0.4 is 15.0 Å². The Hall–Kier alpha value is -2.83. The molecule has 0 aliphatic carbocycles. The van der Waals surface area contributed by atoms with Gasteiger partial charge in [-0.3, -0.25) is 4.98 Å². The highest BCUT2D eigenvalue weighted by molar-refractivity contribution is 6.30. The monoisotopic (exact) mass is 400 g/mol. The number of hydrogen-bond donors (Lipinski definition) is 2. The molecule has 0 amide bonds. The van der Waals surface area contributed by atoms with Crippen LogP contribution in [0.3, 0.4) is 0 Å². The van der Waals surface area contributed by atoms with E-state index in [0.717, 1.165) is 22.4 Å². The number of aromatic nitrogens is 4. The number of aromatic amines is 2. The van der Waals surface area contributed by atoms with Crippen molar-refractivity contribution < 1.29 is 9.72 Å². The topological polar surface area (TPSA) is 77.0 Å². The molecule has 0 spiro atoms. The van der Waals surface area contributed by atoms with Crippen LogP contribution in [0.15, 0.2) is 54.9 Å². The SMILES string of the molecule is Clc1ccc(OCc2ccccc2)c(CNc2nc(Cl)nc3[nH+]c[nH]c23)c1. The van der Waals surface area contributed by atoms with E-state index in [1.54, 1.807) is 6.33 Å². The Balaban J connectivity index is 1.54. The van der Waals surface area contributed by atoms with E-state index in [-0.39, 0.29) is 5.28 Å². The van der Waals surface area contributed by atoms with Gasteiger partial charge in [0.25, 0.3) is 0 Å². The van der Waals surface area contributed by atoms with Gasteiger partial charge in [0.1, 0.15) is 12.4 Å². The molecule has 0 aliphatic rings. The van der Waals surface area contributed by atoms with Crippen molar-refractivity contribution in [3.05, 3.63) is 76.3 Å². The number of ether oxygens (including phenoxy) is 1. The zero-order chi connectivity index (χ0) is 18.6. The standard InChI is InChI=1S/C19H15Cl2N5O/c20-14-6-7-15(27-10-12-4-2-1-3-5-12)13(8-14)9-22-17-16-18(24-11-23-16)26-19(21)25-17/h1-8,11H,9-10H2,(H2,22,23,24,25,26)/p+1. The normalized spacial score (nSPS) is 10.9. The molecule has 136 valence electrons. The summed E-state index contributed by atoms with van der Waals surface area (Å²) in [6.45, 7) is 0.941. The first kappa shape index (κ1) is 17.6. The lowest BCUT2D eigenvalue weighted by molar-refractivity contribution is -0.347. The van der Waals surface area contributed by atoms with Gasteiger partial charge in [0.2, 0.25) is 5.52 Å². The Kier molecular flexibility index (Phi) is 5.09. The van der Waals surface area contributed by atoms with Crippen LogP contribution in [-0.2, 0) is 13.2 Å². The quantitative estimate of drug-likeness (QED) is 0.473. The molecule has 4 aromatic rings. The number of nitrogens with one attached hydrogen (secondary N) is 3. The molecule has 3 N–H and O–H groups in total. The Morgan fingerprint density at radius 3 is 2.78 bits per heavy atom. The Morgan fingerprint density at radius 2 is 1.93 bits per heavy atom. The number of benzene rings is 2. The molecule has 2 aromatic heterocycles. The van der Waals surface area contributed by atoms with Crippen LogP contribution in [0, 0.1) is 0 Å². The van der Waals surface area contributed by atoms with Crippen molar-refractivity contribution in [3.63, 3.8) is 0 Å². The molecule has 0 bridgehead atoms. The molecule has 0 radical (unpaired) electrons. The summed E-state index contributed by atoms with van der Waals surface area (Å²) in [5.41, 5.74) is 3.38. The summed E-state index contributed by atoms with van der Waals surface area (Å²) in [7, 11) is 0. The number of rotatable bonds is 6. The highest BCUT2D eigenvalue weighted by Gasteiger charge is 2.15. The maximum absolute atomic E-state index is 6.18. The van der Waals surface area contributed by atoms with Gasteiger partial charge in [-0.1, -0.05) is 46.9 Å². The zero-order valence-electron chi connectivity index (χ0n) is 14.2. The fourth-order valence-corrected chi connectivity index (χ4v) is 3.08. The highest BCUT2D eigenvalue weighted by Crippen LogP contribution is 2.26. The first-order valence-electron chi connectivity index (χ1n) is 8.30. The van der Waals surface area contributed by atoms with Gasteiger partial charge < -0.3 is 10.1 Å². The maximum Gasteiger partial charge on any atom is 0.306 e. The van der Waals surface area contributed by atoms with E-state index in [1.807, 2.05) is 48.5 Å². The first-order chi connectivity index (χ1) is 13.2. The van der Waals surface area contributed by atoms with E-state index in [1.165, 1.54) is 0 Å². The molecule has 0 saturated carbocycles. The van der Waals surface area contributed by atoms with Crippen molar-refractivity contribution in [2.45, 2.75) is 13.2 Å². The van der Waals surface area contributed by atoms with E-state index in [4.69, 9.17) is 27.9 Å². The van der Waals surface area contributed by atoms with Crippen LogP contribution in [0.5, 0.6) is 5.75 Å². The lowest BCUT2D eigenvalue weighted by Crippen LogP contribution is -2.07. The molecular weight excluding hydrogens is 385 g/mol. The lowest BCUT2D eigenvalue weighted by atomic mass is 10.2. The minimum Gasteiger partial charge on any atom is -0.489 e. The van der Waals surface area contributed by atoms with Crippen molar-refractivity contribution in [1.82, 2.24) is 15.0 Å². The van der Waals surface area contributed by atoms with E-state index < -0.39 is 0 Å². The van der Waals surface area contributed by atoms with E-state index in [0.29, 0.717) is 29.6 Å². The summed E-state index contributed by atoms with van der Waals surface area (Å²) in [6, 6.07) is 15.5. The van der Waals surface area contributed by atoms with Gasteiger partial charge in [-0.2, -0.15) is 4.98 Å². The molecule has 0 aliphatic heterocycles. The average molecular weight is 401 g/mol. The van der Waals surface area contributed by atoms with Crippen molar-refractivity contribution >= 4 is 40.2 Å². The fraction of sp³-hybridized carbons (Fsp3) is 0.105. The third kappa shape index (κ3) is 4.13. The Bertz CT molecular complexity index is 1070. The molecule has 0 fully saturated rings. The number of H-pyrrole nitrogens is 2. The average Bonchev–Trinajstić information content (AvgIpc) is 3.14. The molecule has 8 heteroatoms. The largest absolute Gasteiger partial charge is 0.489 e. The van der Waals surface area contributed by atoms with Crippen LogP contribution >= 0.6 is 23.2 Å². The summed E-state index contributed by atoms with van der Waals surface area (Å²) in [4.78, 5) is 14.4. The maximum atomic E-state index is 6.18. The molecular formula is C19H16Cl2N5O+. The highest BCUT2D eigenvalue weighted by atomic mass is 35.5. The number of halogens is 2. The summed E-state index contributed by atoms with van der Waals surface area (Å²) in [6.07, 6.45) is 1.68. The van der Waals surface area contributed by atoms with E-state index in [2.05, 4.69) is 25.3 Å². The molecule has 0 saturated heterocycles. The third-order valence-corrected chi connectivity index (χ3v) is 4.42. The van der Waals surface area contributed by atoms with Gasteiger partial charge in [-0.15, -0.1) is 0 Å². The van der Waals surface area contributed by atoms with Crippen LogP contribution in [0.1, 0.15) is 11.1 Å². The minimum atomic E-state index is 0.160. The number of imidazole rings is 1. The van der Waals surface area contributed by atoms with Crippen molar-refractivity contribution in [2.24, 2.45) is 0 Å². The van der Waals surface area contributed by atoms with Crippen LogP contribution in [-0.4, -0.2) is 15.0 Å². The predicted molar refractivity (Wildman–Crippen MR) is 105 cm³/mol. The van der Waals surface area contributed by atoms with E-state index >= 15 is 0 Å². The van der Waals surface area contributed by atoms with Crippen LogP contribution in [0.2, 0.25) is 10.3 Å². The Morgan fingerprint density at radius 1 is 1.07 bits per heavy atom.